The van der Waals surface area contributed by atoms with E-state index in [0.717, 1.165) is 12.8 Å². The number of carbonyl (C=O) groups excluding carboxylic acids is 1. The zero-order valence-corrected chi connectivity index (χ0v) is 8.69. The number of ketones is 1. The molecule has 1 aromatic rings. The topological polar surface area (TPSA) is 61.3 Å². The van der Waals surface area contributed by atoms with Gasteiger partial charge < -0.3 is 9.47 Å². The molecule has 0 N–H and O–H groups in total. The molecule has 1 heterocycles. The van der Waals surface area contributed by atoms with Crippen molar-refractivity contribution in [3.8, 4) is 11.8 Å². The minimum absolute atomic E-state index is 0.0157. The molecule has 0 radical (unpaired) electrons. The van der Waals surface area contributed by atoms with Crippen LogP contribution in [0.25, 0.3) is 0 Å². The molecule has 0 amide bonds. The third-order valence-electron chi connectivity index (χ3n) is 2.30. The second kappa shape index (κ2) is 3.84. The lowest BCUT2D eigenvalue weighted by atomic mass is 10.2. The van der Waals surface area contributed by atoms with Crippen molar-refractivity contribution in [1.82, 2.24) is 9.97 Å². The summed E-state index contributed by atoms with van der Waals surface area (Å²) in [7, 11) is 2.96. The summed E-state index contributed by atoms with van der Waals surface area (Å²) in [6, 6.07) is 0. The largest absolute Gasteiger partial charge is 0.480 e. The number of aromatic nitrogens is 2. The van der Waals surface area contributed by atoms with Crippen LogP contribution in [0.4, 0.5) is 0 Å². The summed E-state index contributed by atoms with van der Waals surface area (Å²) in [6.45, 7) is 0. The Morgan fingerprint density at radius 2 is 2.13 bits per heavy atom. The molecule has 0 atom stereocenters. The van der Waals surface area contributed by atoms with Crippen molar-refractivity contribution < 1.29 is 14.3 Å². The van der Waals surface area contributed by atoms with Gasteiger partial charge in [-0.25, -0.2) is 4.98 Å². The van der Waals surface area contributed by atoms with Gasteiger partial charge in [0.25, 0.3) is 0 Å². The predicted molar refractivity (Wildman–Crippen MR) is 52.2 cm³/mol. The third-order valence-corrected chi connectivity index (χ3v) is 2.30. The molecule has 1 saturated carbocycles. The predicted octanol–water partition coefficient (Wildman–Crippen LogP) is 1.09. The van der Waals surface area contributed by atoms with E-state index >= 15 is 0 Å². The smallest absolute Gasteiger partial charge is 0.246 e. The van der Waals surface area contributed by atoms with E-state index in [1.165, 1.54) is 20.4 Å². The SMILES string of the molecule is COc1cnc(C(=O)C2CC2)c(OC)n1. The molecule has 15 heavy (non-hydrogen) atoms. The maximum absolute atomic E-state index is 11.8. The van der Waals surface area contributed by atoms with Crippen LogP contribution in [0.1, 0.15) is 23.3 Å². The molecule has 5 nitrogen and oxygen atoms in total. The van der Waals surface area contributed by atoms with Crippen LogP contribution in [0.5, 0.6) is 11.8 Å². The van der Waals surface area contributed by atoms with Crippen LogP contribution >= 0.6 is 0 Å². The number of ether oxygens (including phenoxy) is 2. The lowest BCUT2D eigenvalue weighted by Gasteiger charge is -2.06. The molecule has 0 bridgehead atoms. The van der Waals surface area contributed by atoms with Crippen molar-refractivity contribution in [3.05, 3.63) is 11.9 Å². The van der Waals surface area contributed by atoms with Crippen LogP contribution in [-0.4, -0.2) is 30.0 Å². The van der Waals surface area contributed by atoms with E-state index in [1.54, 1.807) is 0 Å². The van der Waals surface area contributed by atoms with E-state index in [9.17, 15) is 4.79 Å². The first-order chi connectivity index (χ1) is 7.26. The van der Waals surface area contributed by atoms with Gasteiger partial charge >= 0.3 is 0 Å². The van der Waals surface area contributed by atoms with E-state index in [-0.39, 0.29) is 17.6 Å². The number of rotatable bonds is 4. The van der Waals surface area contributed by atoms with E-state index in [0.29, 0.717) is 11.6 Å². The van der Waals surface area contributed by atoms with Gasteiger partial charge in [0.2, 0.25) is 11.8 Å². The highest BCUT2D eigenvalue weighted by atomic mass is 16.5. The molecular formula is C10H12N2O3. The molecule has 1 aliphatic rings. The number of hydrogen-bond acceptors (Lipinski definition) is 5. The lowest BCUT2D eigenvalue weighted by molar-refractivity contribution is 0.0958. The molecule has 1 aromatic heterocycles. The second-order valence-corrected chi connectivity index (χ2v) is 3.41. The summed E-state index contributed by atoms with van der Waals surface area (Å²) in [5.74, 6) is 0.717. The Balaban J connectivity index is 2.33. The third kappa shape index (κ3) is 1.91. The van der Waals surface area contributed by atoms with Crippen molar-refractivity contribution >= 4 is 5.78 Å². The highest BCUT2D eigenvalue weighted by Crippen LogP contribution is 2.34. The van der Waals surface area contributed by atoms with E-state index in [1.807, 2.05) is 0 Å². The van der Waals surface area contributed by atoms with Gasteiger partial charge in [-0.3, -0.25) is 4.79 Å². The number of carbonyl (C=O) groups is 1. The fraction of sp³-hybridized carbons (Fsp3) is 0.500. The van der Waals surface area contributed by atoms with Crippen LogP contribution in [0, 0.1) is 5.92 Å². The first-order valence-corrected chi connectivity index (χ1v) is 4.75. The highest BCUT2D eigenvalue weighted by molar-refractivity contribution is 5.99. The number of nitrogens with zero attached hydrogens (tertiary/aromatic N) is 2. The molecule has 0 saturated heterocycles. The van der Waals surface area contributed by atoms with Gasteiger partial charge in [0.15, 0.2) is 11.5 Å². The first-order valence-electron chi connectivity index (χ1n) is 4.75. The fourth-order valence-electron chi connectivity index (χ4n) is 1.31. The maximum atomic E-state index is 11.8. The van der Waals surface area contributed by atoms with Crippen LogP contribution in [-0.2, 0) is 0 Å². The molecule has 0 spiro atoms. The molecule has 1 aliphatic carbocycles. The zero-order valence-electron chi connectivity index (χ0n) is 8.69. The molecule has 0 aromatic carbocycles. The fourth-order valence-corrected chi connectivity index (χ4v) is 1.31. The average Bonchev–Trinajstić information content (AvgIpc) is 3.11. The molecule has 0 aliphatic heterocycles. The Bertz CT molecular complexity index is 388. The van der Waals surface area contributed by atoms with Crippen LogP contribution in [0.2, 0.25) is 0 Å². The number of Topliss-reactive ketones (excluding diaryl/α,β-unsaturated/α-hetero) is 1. The second-order valence-electron chi connectivity index (χ2n) is 3.41. The molecular weight excluding hydrogens is 196 g/mol. The summed E-state index contributed by atoms with van der Waals surface area (Å²) < 4.78 is 9.92. The zero-order chi connectivity index (χ0) is 10.8. The molecule has 2 rings (SSSR count). The Morgan fingerprint density at radius 3 is 2.67 bits per heavy atom. The molecule has 5 heteroatoms. The summed E-state index contributed by atoms with van der Waals surface area (Å²) in [6.07, 6.45) is 3.31. The Hall–Kier alpha value is -1.65. The molecule has 80 valence electrons. The van der Waals surface area contributed by atoms with Gasteiger partial charge in [-0.2, -0.15) is 4.98 Å². The van der Waals surface area contributed by atoms with Crippen molar-refractivity contribution in [1.29, 1.82) is 0 Å². The van der Waals surface area contributed by atoms with Crippen LogP contribution in [0.3, 0.4) is 0 Å². The lowest BCUT2D eigenvalue weighted by Crippen LogP contribution is -2.08. The number of methoxy groups -OCH3 is 2. The maximum Gasteiger partial charge on any atom is 0.246 e. The minimum atomic E-state index is 0.0157. The van der Waals surface area contributed by atoms with Gasteiger partial charge in [-0.15, -0.1) is 0 Å². The normalized spacial score (nSPS) is 14.8. The van der Waals surface area contributed by atoms with E-state index < -0.39 is 0 Å². The summed E-state index contributed by atoms with van der Waals surface area (Å²) in [5, 5.41) is 0. The minimum Gasteiger partial charge on any atom is -0.480 e. The van der Waals surface area contributed by atoms with Crippen LogP contribution < -0.4 is 9.47 Å². The van der Waals surface area contributed by atoms with Crippen molar-refractivity contribution in [2.24, 2.45) is 5.92 Å². The summed E-state index contributed by atoms with van der Waals surface area (Å²) in [4.78, 5) is 19.8. The molecule has 0 unspecified atom stereocenters. The summed E-state index contributed by atoms with van der Waals surface area (Å²) in [5.41, 5.74) is 0.306. The van der Waals surface area contributed by atoms with Crippen molar-refractivity contribution in [2.45, 2.75) is 12.8 Å². The van der Waals surface area contributed by atoms with Gasteiger partial charge in [0.1, 0.15) is 0 Å². The molecule has 1 fully saturated rings. The van der Waals surface area contributed by atoms with Gasteiger partial charge in [-0.1, -0.05) is 0 Å². The highest BCUT2D eigenvalue weighted by Gasteiger charge is 2.33. The average molecular weight is 208 g/mol. The van der Waals surface area contributed by atoms with E-state index in [4.69, 9.17) is 9.47 Å². The standard InChI is InChI=1S/C10H12N2O3/c1-14-7-5-11-8(10(12-7)15-2)9(13)6-3-4-6/h5-6H,3-4H2,1-2H3. The Labute approximate surface area is 87.4 Å². The van der Waals surface area contributed by atoms with E-state index in [2.05, 4.69) is 9.97 Å². The Morgan fingerprint density at radius 1 is 1.40 bits per heavy atom. The quantitative estimate of drug-likeness (QED) is 0.693. The van der Waals surface area contributed by atoms with Gasteiger partial charge in [0, 0.05) is 5.92 Å². The summed E-state index contributed by atoms with van der Waals surface area (Å²) >= 11 is 0. The first kappa shape index (κ1) is 9.89. The van der Waals surface area contributed by atoms with Crippen molar-refractivity contribution in [3.63, 3.8) is 0 Å². The monoisotopic (exact) mass is 208 g/mol. The number of hydrogen-bond donors (Lipinski definition) is 0. The van der Waals surface area contributed by atoms with Gasteiger partial charge in [-0.05, 0) is 12.8 Å². The van der Waals surface area contributed by atoms with Gasteiger partial charge in [0.05, 0.1) is 20.4 Å². The van der Waals surface area contributed by atoms with Crippen molar-refractivity contribution in [2.75, 3.05) is 14.2 Å². The Kier molecular flexibility index (Phi) is 2.53. The van der Waals surface area contributed by atoms with Crippen LogP contribution in [0.15, 0.2) is 6.20 Å².